The lowest BCUT2D eigenvalue weighted by molar-refractivity contribution is 0.0936. The van der Waals surface area contributed by atoms with Crippen LogP contribution in [-0.4, -0.2) is 11.1 Å². The maximum Gasteiger partial charge on any atom is 0.274 e. The molecule has 6 heteroatoms. The topological polar surface area (TPSA) is 77.5 Å². The molecule has 0 aliphatic heterocycles. The van der Waals surface area contributed by atoms with Crippen molar-refractivity contribution >= 4 is 5.91 Å². The molecule has 124 valence electrons. The van der Waals surface area contributed by atoms with Crippen molar-refractivity contribution in [2.75, 3.05) is 0 Å². The summed E-state index contributed by atoms with van der Waals surface area (Å²) in [7, 11) is 0. The van der Waals surface area contributed by atoms with Crippen molar-refractivity contribution in [2.45, 2.75) is 27.0 Å². The first-order valence-corrected chi connectivity index (χ1v) is 7.58. The molecule has 0 atom stereocenters. The molecule has 1 N–H and O–H groups in total. The van der Waals surface area contributed by atoms with Gasteiger partial charge in [0.05, 0.1) is 18.4 Å². The predicted molar refractivity (Wildman–Crippen MR) is 86.6 cm³/mol. The Hall–Kier alpha value is -3.02. The molecule has 0 radical (unpaired) electrons. The number of carbonyl (C=O) groups is 1. The zero-order chi connectivity index (χ0) is 16.9. The summed E-state index contributed by atoms with van der Waals surface area (Å²) < 4.78 is 16.1. The van der Waals surface area contributed by atoms with Crippen molar-refractivity contribution in [2.24, 2.45) is 0 Å². The average Bonchev–Trinajstić information content (AvgIpc) is 3.20. The predicted octanol–water partition coefficient (Wildman–Crippen LogP) is 3.39. The molecule has 0 spiro atoms. The van der Waals surface area contributed by atoms with Gasteiger partial charge in [-0.2, -0.15) is 0 Å². The molecule has 0 aliphatic rings. The average molecular weight is 326 g/mol. The molecule has 2 heterocycles. The number of benzene rings is 1. The third-order valence-corrected chi connectivity index (χ3v) is 3.58. The molecule has 1 amide bonds. The van der Waals surface area contributed by atoms with Crippen LogP contribution in [0.15, 0.2) is 51.6 Å². The summed E-state index contributed by atoms with van der Waals surface area (Å²) in [4.78, 5) is 12.3. The molecule has 6 nitrogen and oxygen atoms in total. The van der Waals surface area contributed by atoms with Gasteiger partial charge < -0.3 is 19.0 Å². The molecule has 0 bridgehead atoms. The second-order valence-corrected chi connectivity index (χ2v) is 5.43. The third kappa shape index (κ3) is 3.65. The Morgan fingerprint density at radius 1 is 1.25 bits per heavy atom. The highest BCUT2D eigenvalue weighted by atomic mass is 16.5. The van der Waals surface area contributed by atoms with E-state index < -0.39 is 0 Å². The minimum Gasteiger partial charge on any atom is -0.489 e. The van der Waals surface area contributed by atoms with Crippen LogP contribution in [-0.2, 0) is 13.2 Å². The second-order valence-electron chi connectivity index (χ2n) is 5.43. The van der Waals surface area contributed by atoms with Gasteiger partial charge in [-0.15, -0.1) is 0 Å². The maximum absolute atomic E-state index is 12.3. The van der Waals surface area contributed by atoms with E-state index in [1.54, 1.807) is 25.3 Å². The molecule has 24 heavy (non-hydrogen) atoms. The van der Waals surface area contributed by atoms with Crippen LogP contribution in [0.25, 0.3) is 0 Å². The molecule has 1 aromatic carbocycles. The van der Waals surface area contributed by atoms with Gasteiger partial charge in [0.2, 0.25) is 0 Å². The summed E-state index contributed by atoms with van der Waals surface area (Å²) >= 11 is 0. The van der Waals surface area contributed by atoms with Gasteiger partial charge >= 0.3 is 0 Å². The number of nitrogens with zero attached hydrogens (tertiary/aromatic N) is 1. The first-order chi connectivity index (χ1) is 11.6. The van der Waals surface area contributed by atoms with Crippen molar-refractivity contribution in [3.63, 3.8) is 0 Å². The van der Waals surface area contributed by atoms with E-state index >= 15 is 0 Å². The molecule has 3 rings (SSSR count). The molecular weight excluding hydrogens is 308 g/mol. The Morgan fingerprint density at radius 2 is 2.12 bits per heavy atom. The minimum absolute atomic E-state index is 0.211. The van der Waals surface area contributed by atoms with Gasteiger partial charge in [-0.05, 0) is 43.7 Å². The summed E-state index contributed by atoms with van der Waals surface area (Å²) in [5.41, 5.74) is 1.96. The molecule has 0 saturated heterocycles. The molecule has 0 saturated carbocycles. The van der Waals surface area contributed by atoms with E-state index in [1.165, 1.54) is 0 Å². The lowest BCUT2D eigenvalue weighted by Gasteiger charge is -2.07. The van der Waals surface area contributed by atoms with Gasteiger partial charge in [0, 0.05) is 0 Å². The zero-order valence-electron chi connectivity index (χ0n) is 13.5. The highest BCUT2D eigenvalue weighted by molar-refractivity contribution is 5.93. The Morgan fingerprint density at radius 3 is 2.88 bits per heavy atom. The first-order valence-electron chi connectivity index (χ1n) is 7.58. The Bertz CT molecular complexity index is 821. The van der Waals surface area contributed by atoms with Crippen molar-refractivity contribution in [1.29, 1.82) is 0 Å². The van der Waals surface area contributed by atoms with Gasteiger partial charge in [0.1, 0.15) is 23.9 Å². The quantitative estimate of drug-likeness (QED) is 0.751. The van der Waals surface area contributed by atoms with Gasteiger partial charge in [0.15, 0.2) is 5.69 Å². The van der Waals surface area contributed by atoms with Crippen LogP contribution >= 0.6 is 0 Å². The fraction of sp³-hybridized carbons (Fsp3) is 0.222. The van der Waals surface area contributed by atoms with E-state index in [0.29, 0.717) is 17.1 Å². The van der Waals surface area contributed by atoms with Crippen LogP contribution < -0.4 is 10.1 Å². The number of carbonyl (C=O) groups excluding carboxylic acids is 1. The van der Waals surface area contributed by atoms with Gasteiger partial charge in [0.25, 0.3) is 5.91 Å². The number of rotatable bonds is 6. The van der Waals surface area contributed by atoms with Crippen LogP contribution in [0.4, 0.5) is 0 Å². The number of hydrogen-bond donors (Lipinski definition) is 1. The highest BCUT2D eigenvalue weighted by Crippen LogP contribution is 2.19. The number of furan rings is 1. The van der Waals surface area contributed by atoms with Crippen LogP contribution in [0.3, 0.4) is 0 Å². The monoisotopic (exact) mass is 326 g/mol. The lowest BCUT2D eigenvalue weighted by atomic mass is 10.2. The largest absolute Gasteiger partial charge is 0.489 e. The highest BCUT2D eigenvalue weighted by Gasteiger charge is 2.20. The van der Waals surface area contributed by atoms with Crippen LogP contribution in [0, 0.1) is 13.8 Å². The van der Waals surface area contributed by atoms with Crippen molar-refractivity contribution < 1.29 is 18.5 Å². The molecule has 2 aromatic heterocycles. The van der Waals surface area contributed by atoms with Crippen molar-refractivity contribution in [1.82, 2.24) is 10.5 Å². The number of nitrogens with one attached hydrogen (secondary N) is 1. The lowest BCUT2D eigenvalue weighted by Crippen LogP contribution is -2.24. The standard InChI is InChI=1S/C18H18N2O4/c1-12-5-3-6-14(9-12)23-11-16-13(2)24-20-17(16)18(21)19-10-15-7-4-8-22-15/h3-9H,10-11H2,1-2H3,(H,19,21). The van der Waals surface area contributed by atoms with E-state index in [1.807, 2.05) is 31.2 Å². The van der Waals surface area contributed by atoms with Gasteiger partial charge in [-0.25, -0.2) is 0 Å². The maximum atomic E-state index is 12.3. The Labute approximate surface area is 139 Å². The van der Waals surface area contributed by atoms with E-state index in [0.717, 1.165) is 11.3 Å². The van der Waals surface area contributed by atoms with E-state index in [9.17, 15) is 4.79 Å². The van der Waals surface area contributed by atoms with Crippen LogP contribution in [0.5, 0.6) is 5.75 Å². The summed E-state index contributed by atoms with van der Waals surface area (Å²) in [6.07, 6.45) is 1.56. The molecule has 3 aromatic rings. The molecule has 0 fully saturated rings. The number of ether oxygens (including phenoxy) is 1. The summed E-state index contributed by atoms with van der Waals surface area (Å²) in [6.45, 7) is 4.24. The second kappa shape index (κ2) is 7.04. The van der Waals surface area contributed by atoms with E-state index in [-0.39, 0.29) is 24.8 Å². The summed E-state index contributed by atoms with van der Waals surface area (Å²) in [5, 5.41) is 6.60. The SMILES string of the molecule is Cc1cccc(OCc2c(C(=O)NCc3ccco3)noc2C)c1. The molecule has 0 aliphatic carbocycles. The first kappa shape index (κ1) is 15.9. The van der Waals surface area contributed by atoms with E-state index in [2.05, 4.69) is 10.5 Å². The molecule has 0 unspecified atom stereocenters. The Balaban J connectivity index is 1.67. The molecular formula is C18H18N2O4. The fourth-order valence-electron chi connectivity index (χ4n) is 2.26. The number of aromatic nitrogens is 1. The number of hydrogen-bond acceptors (Lipinski definition) is 5. The van der Waals surface area contributed by atoms with E-state index in [4.69, 9.17) is 13.7 Å². The van der Waals surface area contributed by atoms with Gasteiger partial charge in [-0.1, -0.05) is 17.3 Å². The summed E-state index contributed by atoms with van der Waals surface area (Å²) in [6, 6.07) is 11.3. The van der Waals surface area contributed by atoms with Gasteiger partial charge in [-0.3, -0.25) is 4.79 Å². The van der Waals surface area contributed by atoms with Crippen LogP contribution in [0.2, 0.25) is 0 Å². The van der Waals surface area contributed by atoms with Crippen LogP contribution in [0.1, 0.15) is 33.1 Å². The van der Waals surface area contributed by atoms with Crippen molar-refractivity contribution in [3.05, 3.63) is 71.0 Å². The summed E-state index contributed by atoms with van der Waals surface area (Å²) in [5.74, 6) is 1.63. The fourth-order valence-corrected chi connectivity index (χ4v) is 2.26. The normalized spacial score (nSPS) is 10.6. The smallest absolute Gasteiger partial charge is 0.274 e. The number of aryl methyl sites for hydroxylation is 2. The van der Waals surface area contributed by atoms with Crippen molar-refractivity contribution in [3.8, 4) is 5.75 Å². The minimum atomic E-state index is -0.328. The number of amides is 1. The zero-order valence-corrected chi connectivity index (χ0v) is 13.5. The third-order valence-electron chi connectivity index (χ3n) is 3.58. The Kier molecular flexibility index (Phi) is 4.65.